The van der Waals surface area contributed by atoms with E-state index in [4.69, 9.17) is 4.42 Å². The van der Waals surface area contributed by atoms with Crippen LogP contribution in [-0.4, -0.2) is 30.9 Å². The Bertz CT molecular complexity index is 1400. The van der Waals surface area contributed by atoms with Crippen LogP contribution in [0.1, 0.15) is 48.0 Å². The molecule has 200 valence electrons. The van der Waals surface area contributed by atoms with Gasteiger partial charge in [-0.05, 0) is 66.3 Å². The summed E-state index contributed by atoms with van der Waals surface area (Å²) in [4.78, 5) is 32.4. The number of oxazole rings is 1. The van der Waals surface area contributed by atoms with Crippen molar-refractivity contribution in [3.8, 4) is 11.1 Å². The number of benzene rings is 3. The molecule has 0 aliphatic heterocycles. The van der Waals surface area contributed by atoms with Crippen LogP contribution < -0.4 is 15.5 Å². The quantitative estimate of drug-likeness (QED) is 0.266. The third-order valence-corrected chi connectivity index (χ3v) is 7.54. The molecule has 5 rings (SSSR count). The molecule has 1 aliphatic rings. The number of aromatic nitrogens is 1. The summed E-state index contributed by atoms with van der Waals surface area (Å²) in [6.07, 6.45) is 8.44. The van der Waals surface area contributed by atoms with E-state index in [9.17, 15) is 9.59 Å². The Morgan fingerprint density at radius 1 is 0.897 bits per heavy atom. The van der Waals surface area contributed by atoms with Crippen LogP contribution in [0, 0.1) is 5.41 Å². The van der Waals surface area contributed by atoms with Gasteiger partial charge in [-0.3, -0.25) is 14.9 Å². The number of anilines is 3. The lowest BCUT2D eigenvalue weighted by Crippen LogP contribution is -2.40. The van der Waals surface area contributed by atoms with Crippen molar-refractivity contribution >= 4 is 29.2 Å². The minimum Gasteiger partial charge on any atom is -0.432 e. The maximum Gasteiger partial charge on any atom is 0.301 e. The third kappa shape index (κ3) is 6.20. The zero-order chi connectivity index (χ0) is 27.2. The molecule has 7 heteroatoms. The fraction of sp³-hybridized carbons (Fsp3) is 0.281. The highest BCUT2D eigenvalue weighted by Crippen LogP contribution is 2.41. The van der Waals surface area contributed by atoms with Gasteiger partial charge in [0, 0.05) is 31.0 Å². The van der Waals surface area contributed by atoms with Crippen molar-refractivity contribution in [3.05, 3.63) is 96.4 Å². The molecule has 0 spiro atoms. The van der Waals surface area contributed by atoms with Crippen molar-refractivity contribution in [2.24, 2.45) is 5.41 Å². The highest BCUT2D eigenvalue weighted by molar-refractivity contribution is 6.04. The lowest BCUT2D eigenvalue weighted by molar-refractivity contribution is -0.127. The van der Waals surface area contributed by atoms with E-state index in [0.717, 1.165) is 43.2 Å². The molecular formula is C32H34N4O3. The number of carbonyl (C=O) groups excluding carboxylic acids is 2. The number of rotatable bonds is 8. The largest absolute Gasteiger partial charge is 0.432 e. The Balaban J connectivity index is 1.30. The summed E-state index contributed by atoms with van der Waals surface area (Å²) >= 11 is 0. The molecule has 0 bridgehead atoms. The van der Waals surface area contributed by atoms with Crippen molar-refractivity contribution in [2.75, 3.05) is 29.6 Å². The number of hydrogen-bond donors (Lipinski definition) is 2. The molecule has 0 radical (unpaired) electrons. The van der Waals surface area contributed by atoms with Crippen molar-refractivity contribution in [1.29, 1.82) is 0 Å². The summed E-state index contributed by atoms with van der Waals surface area (Å²) in [6.45, 7) is 0. The molecular weight excluding hydrogens is 488 g/mol. The minimum atomic E-state index is -0.483. The standard InChI is InChI=1S/C32H34N4O3/c1-36(2)28-15-13-25(14-16-28)24-11-9-23(10-12-24)22-32(17-4-3-5-18-32)30(38)34-27-8-6-7-26(21-27)29(37)35-31-33-19-20-39-31/h6-16,19-21H,3-5,17-18,22H2,1-2H3,(H,34,38)(H,33,35,37). The Hall–Kier alpha value is -4.39. The van der Waals surface area contributed by atoms with E-state index in [1.54, 1.807) is 18.2 Å². The zero-order valence-electron chi connectivity index (χ0n) is 22.4. The second-order valence-corrected chi connectivity index (χ2v) is 10.5. The van der Waals surface area contributed by atoms with Crippen molar-refractivity contribution < 1.29 is 14.0 Å². The average Bonchev–Trinajstić information content (AvgIpc) is 3.47. The summed E-state index contributed by atoms with van der Waals surface area (Å²) < 4.78 is 5.10. The Morgan fingerprint density at radius 3 is 2.23 bits per heavy atom. The van der Waals surface area contributed by atoms with E-state index in [-0.39, 0.29) is 17.8 Å². The van der Waals surface area contributed by atoms with Gasteiger partial charge >= 0.3 is 6.01 Å². The second-order valence-electron chi connectivity index (χ2n) is 10.5. The maximum absolute atomic E-state index is 13.8. The van der Waals surface area contributed by atoms with Gasteiger partial charge in [0.2, 0.25) is 5.91 Å². The van der Waals surface area contributed by atoms with E-state index < -0.39 is 5.41 Å². The number of carbonyl (C=O) groups is 2. The Kier molecular flexibility index (Phi) is 7.77. The first-order chi connectivity index (χ1) is 18.9. The van der Waals surface area contributed by atoms with Crippen LogP contribution in [0.5, 0.6) is 0 Å². The predicted molar refractivity (Wildman–Crippen MR) is 155 cm³/mol. The van der Waals surface area contributed by atoms with Crippen LogP contribution >= 0.6 is 0 Å². The van der Waals surface area contributed by atoms with Gasteiger partial charge in [0.05, 0.1) is 11.6 Å². The second kappa shape index (κ2) is 11.6. The van der Waals surface area contributed by atoms with E-state index in [1.165, 1.54) is 23.7 Å². The highest BCUT2D eigenvalue weighted by Gasteiger charge is 2.39. The van der Waals surface area contributed by atoms with Gasteiger partial charge in [-0.25, -0.2) is 4.98 Å². The molecule has 1 aromatic heterocycles. The van der Waals surface area contributed by atoms with Crippen LogP contribution in [0.4, 0.5) is 17.4 Å². The molecule has 3 aromatic carbocycles. The van der Waals surface area contributed by atoms with Gasteiger partial charge < -0.3 is 14.6 Å². The lowest BCUT2D eigenvalue weighted by atomic mass is 9.69. The highest BCUT2D eigenvalue weighted by atomic mass is 16.4. The van der Waals surface area contributed by atoms with Gasteiger partial charge in [-0.15, -0.1) is 0 Å². The van der Waals surface area contributed by atoms with Gasteiger partial charge in [-0.2, -0.15) is 0 Å². The van der Waals surface area contributed by atoms with Crippen LogP contribution in [0.2, 0.25) is 0 Å². The SMILES string of the molecule is CN(C)c1ccc(-c2ccc(CC3(C(=O)Nc4cccc(C(=O)Nc5ncco5)c4)CCCCC3)cc2)cc1. The summed E-state index contributed by atoms with van der Waals surface area (Å²) in [5.41, 5.74) is 5.18. The van der Waals surface area contributed by atoms with Crippen molar-refractivity contribution in [1.82, 2.24) is 4.98 Å². The topological polar surface area (TPSA) is 87.5 Å². The van der Waals surface area contributed by atoms with E-state index in [0.29, 0.717) is 17.7 Å². The summed E-state index contributed by atoms with van der Waals surface area (Å²) in [5.74, 6) is -0.340. The Labute approximate surface area is 229 Å². The molecule has 1 heterocycles. The summed E-state index contributed by atoms with van der Waals surface area (Å²) in [7, 11) is 4.07. The lowest BCUT2D eigenvalue weighted by Gasteiger charge is -2.36. The molecule has 7 nitrogen and oxygen atoms in total. The number of nitrogens with zero attached hydrogens (tertiary/aromatic N) is 2. The molecule has 0 saturated heterocycles. The summed E-state index contributed by atoms with van der Waals surface area (Å²) in [6, 6.07) is 24.2. The molecule has 2 N–H and O–H groups in total. The van der Waals surface area contributed by atoms with Gasteiger partial charge in [0.25, 0.3) is 5.91 Å². The van der Waals surface area contributed by atoms with E-state index in [2.05, 4.69) is 69.0 Å². The molecule has 39 heavy (non-hydrogen) atoms. The normalized spacial score (nSPS) is 14.4. The van der Waals surface area contributed by atoms with Crippen molar-refractivity contribution in [3.63, 3.8) is 0 Å². The number of amides is 2. The third-order valence-electron chi connectivity index (χ3n) is 7.54. The fourth-order valence-corrected chi connectivity index (χ4v) is 5.33. The number of nitrogens with one attached hydrogen (secondary N) is 2. The number of hydrogen-bond acceptors (Lipinski definition) is 5. The van der Waals surface area contributed by atoms with E-state index in [1.807, 2.05) is 20.2 Å². The molecule has 0 atom stereocenters. The van der Waals surface area contributed by atoms with Crippen LogP contribution in [0.15, 0.2) is 89.7 Å². The first-order valence-electron chi connectivity index (χ1n) is 13.4. The van der Waals surface area contributed by atoms with Crippen LogP contribution in [-0.2, 0) is 11.2 Å². The smallest absolute Gasteiger partial charge is 0.301 e. The van der Waals surface area contributed by atoms with Crippen LogP contribution in [0.3, 0.4) is 0 Å². The van der Waals surface area contributed by atoms with Crippen LogP contribution in [0.25, 0.3) is 11.1 Å². The monoisotopic (exact) mass is 522 g/mol. The first kappa shape index (κ1) is 26.2. The molecule has 1 saturated carbocycles. The zero-order valence-corrected chi connectivity index (χ0v) is 22.4. The fourth-order valence-electron chi connectivity index (χ4n) is 5.33. The van der Waals surface area contributed by atoms with Gasteiger partial charge in [0.1, 0.15) is 6.26 Å². The molecule has 4 aromatic rings. The summed E-state index contributed by atoms with van der Waals surface area (Å²) in [5, 5.41) is 5.73. The first-order valence-corrected chi connectivity index (χ1v) is 13.4. The molecule has 1 fully saturated rings. The van der Waals surface area contributed by atoms with Gasteiger partial charge in [-0.1, -0.05) is 61.7 Å². The molecule has 0 unspecified atom stereocenters. The predicted octanol–water partition coefficient (Wildman–Crippen LogP) is 6.79. The van der Waals surface area contributed by atoms with Crippen molar-refractivity contribution in [2.45, 2.75) is 38.5 Å². The average molecular weight is 523 g/mol. The minimum absolute atomic E-state index is 0.0100. The van der Waals surface area contributed by atoms with E-state index >= 15 is 0 Å². The van der Waals surface area contributed by atoms with Gasteiger partial charge in [0.15, 0.2) is 0 Å². The Morgan fingerprint density at radius 2 is 1.59 bits per heavy atom. The maximum atomic E-state index is 13.8. The molecule has 1 aliphatic carbocycles. The molecule has 2 amide bonds.